The van der Waals surface area contributed by atoms with Crippen LogP contribution >= 0.6 is 0 Å². The van der Waals surface area contributed by atoms with Crippen LogP contribution in [0.3, 0.4) is 0 Å². The molecule has 0 saturated heterocycles. The molecule has 1 aromatic carbocycles. The van der Waals surface area contributed by atoms with Crippen molar-refractivity contribution >= 4 is 5.97 Å². The molecule has 0 saturated carbocycles. The minimum Gasteiger partial charge on any atom is -0.465 e. The van der Waals surface area contributed by atoms with Crippen LogP contribution in [0.15, 0.2) is 24.3 Å². The molecule has 106 valence electrons. The molecule has 0 radical (unpaired) electrons. The number of nitrogens with zero attached hydrogens (tertiary/aromatic N) is 1. The topological polar surface area (TPSA) is 29.5 Å². The summed E-state index contributed by atoms with van der Waals surface area (Å²) in [6, 6.07) is 6.72. The molecule has 1 rings (SSSR count). The van der Waals surface area contributed by atoms with Crippen molar-refractivity contribution in [3.8, 4) is 0 Å². The lowest BCUT2D eigenvalue weighted by atomic mass is 10.1. The first-order valence-corrected chi connectivity index (χ1v) is 5.75. The van der Waals surface area contributed by atoms with Crippen molar-refractivity contribution in [1.29, 1.82) is 0 Å². The summed E-state index contributed by atoms with van der Waals surface area (Å²) in [4.78, 5) is 13.0. The second-order valence-corrected chi connectivity index (χ2v) is 4.25. The molecule has 0 fully saturated rings. The summed E-state index contributed by atoms with van der Waals surface area (Å²) in [6.45, 7) is 0.153. The molecule has 0 unspecified atom stereocenters. The van der Waals surface area contributed by atoms with Gasteiger partial charge < -0.3 is 9.64 Å². The molecule has 1 aromatic rings. The first kappa shape index (κ1) is 15.5. The van der Waals surface area contributed by atoms with Crippen LogP contribution in [0.1, 0.15) is 22.3 Å². The molecule has 0 N–H and O–H groups in total. The van der Waals surface area contributed by atoms with Crippen LogP contribution in [0.4, 0.5) is 13.2 Å². The zero-order valence-corrected chi connectivity index (χ0v) is 10.8. The Morgan fingerprint density at radius 3 is 2.53 bits per heavy atom. The summed E-state index contributed by atoms with van der Waals surface area (Å²) < 4.78 is 41.0. The van der Waals surface area contributed by atoms with E-state index < -0.39 is 18.6 Å². The Morgan fingerprint density at radius 2 is 1.95 bits per heavy atom. The van der Waals surface area contributed by atoms with Crippen LogP contribution in [0.5, 0.6) is 0 Å². The molecule has 6 heteroatoms. The van der Waals surface area contributed by atoms with Gasteiger partial charge in [0.1, 0.15) is 0 Å². The number of hydrogen-bond acceptors (Lipinski definition) is 3. The molecular weight excluding hydrogens is 259 g/mol. The van der Waals surface area contributed by atoms with E-state index in [0.29, 0.717) is 11.1 Å². The Hall–Kier alpha value is -1.56. The van der Waals surface area contributed by atoms with E-state index in [2.05, 4.69) is 4.74 Å². The fraction of sp³-hybridized carbons (Fsp3) is 0.462. The predicted octanol–water partition coefficient (Wildman–Crippen LogP) is 2.86. The maximum absolute atomic E-state index is 12.1. The Bertz CT molecular complexity index is 432. The molecule has 0 amide bonds. The lowest BCUT2D eigenvalue weighted by molar-refractivity contribution is -0.137. The van der Waals surface area contributed by atoms with Gasteiger partial charge in [-0.15, -0.1) is 0 Å². The number of benzene rings is 1. The van der Waals surface area contributed by atoms with Crippen LogP contribution in [-0.2, 0) is 11.3 Å². The fourth-order valence-corrected chi connectivity index (χ4v) is 1.65. The number of hydrogen-bond donors (Lipinski definition) is 0. The molecule has 0 aliphatic rings. The summed E-state index contributed by atoms with van der Waals surface area (Å²) in [5.74, 6) is -0.486. The summed E-state index contributed by atoms with van der Waals surface area (Å²) in [5.41, 5.74) is 1.03. The van der Waals surface area contributed by atoms with E-state index in [4.69, 9.17) is 0 Å². The number of carbonyl (C=O) groups excluding carboxylic acids is 1. The molecule has 0 bridgehead atoms. The van der Waals surface area contributed by atoms with Gasteiger partial charge in [0.05, 0.1) is 19.1 Å². The quantitative estimate of drug-likeness (QED) is 0.774. The van der Waals surface area contributed by atoms with Gasteiger partial charge in [-0.05, 0) is 18.7 Å². The van der Waals surface area contributed by atoms with E-state index >= 15 is 0 Å². The number of rotatable bonds is 5. The molecule has 3 nitrogen and oxygen atoms in total. The lowest BCUT2D eigenvalue weighted by Crippen LogP contribution is -2.25. The van der Waals surface area contributed by atoms with Gasteiger partial charge in [0.15, 0.2) is 0 Å². The lowest BCUT2D eigenvalue weighted by Gasteiger charge is -2.19. The van der Waals surface area contributed by atoms with Crippen molar-refractivity contribution in [2.24, 2.45) is 0 Å². The van der Waals surface area contributed by atoms with Crippen LogP contribution in [0, 0.1) is 0 Å². The molecule has 0 aromatic heterocycles. The second-order valence-electron chi connectivity index (χ2n) is 4.25. The third-order valence-electron chi connectivity index (χ3n) is 2.64. The standard InChI is InChI=1S/C13H16F3NO2/c1-17(8-7-13(14,15)16)9-10-5-3-4-6-11(10)12(18)19-2/h3-6H,7-9H2,1-2H3. The van der Waals surface area contributed by atoms with Crippen molar-refractivity contribution in [2.75, 3.05) is 20.7 Å². The molecule has 0 spiro atoms. The van der Waals surface area contributed by atoms with Crippen LogP contribution in [0.2, 0.25) is 0 Å². The van der Waals surface area contributed by atoms with Gasteiger partial charge in [-0.3, -0.25) is 0 Å². The van der Waals surface area contributed by atoms with Gasteiger partial charge >= 0.3 is 12.1 Å². The van der Waals surface area contributed by atoms with Crippen LogP contribution in [-0.4, -0.2) is 37.7 Å². The molecule has 0 heterocycles. The number of esters is 1. The van der Waals surface area contributed by atoms with E-state index in [-0.39, 0.29) is 13.1 Å². The molecule has 0 atom stereocenters. The maximum Gasteiger partial charge on any atom is 0.390 e. The normalized spacial score (nSPS) is 11.7. The zero-order valence-electron chi connectivity index (χ0n) is 10.8. The van der Waals surface area contributed by atoms with Gasteiger partial charge in [0.25, 0.3) is 0 Å². The summed E-state index contributed by atoms with van der Waals surface area (Å²) in [7, 11) is 2.85. The Balaban J connectivity index is 2.69. The van der Waals surface area contributed by atoms with Crippen LogP contribution in [0.25, 0.3) is 0 Å². The zero-order chi connectivity index (χ0) is 14.5. The van der Waals surface area contributed by atoms with Crippen molar-refractivity contribution in [3.63, 3.8) is 0 Å². The number of ether oxygens (including phenoxy) is 1. The van der Waals surface area contributed by atoms with E-state index in [1.54, 1.807) is 31.3 Å². The van der Waals surface area contributed by atoms with E-state index in [1.165, 1.54) is 12.0 Å². The highest BCUT2D eigenvalue weighted by atomic mass is 19.4. The first-order chi connectivity index (χ1) is 8.83. The third-order valence-corrected chi connectivity index (χ3v) is 2.64. The summed E-state index contributed by atoms with van der Waals surface area (Å²) in [6.07, 6.45) is -5.04. The minimum absolute atomic E-state index is 0.112. The average molecular weight is 275 g/mol. The van der Waals surface area contributed by atoms with Crippen molar-refractivity contribution < 1.29 is 22.7 Å². The molecule has 0 aliphatic heterocycles. The highest BCUT2D eigenvalue weighted by Gasteiger charge is 2.27. The smallest absolute Gasteiger partial charge is 0.390 e. The summed E-state index contributed by atoms with van der Waals surface area (Å²) >= 11 is 0. The Morgan fingerprint density at radius 1 is 1.32 bits per heavy atom. The van der Waals surface area contributed by atoms with E-state index in [0.717, 1.165) is 0 Å². The highest BCUT2D eigenvalue weighted by molar-refractivity contribution is 5.90. The Labute approximate surface area is 110 Å². The van der Waals surface area contributed by atoms with Gasteiger partial charge in [0, 0.05) is 13.1 Å². The van der Waals surface area contributed by atoms with E-state index in [9.17, 15) is 18.0 Å². The molecular formula is C13H16F3NO2. The number of halogens is 3. The average Bonchev–Trinajstić information content (AvgIpc) is 2.35. The van der Waals surface area contributed by atoms with Crippen molar-refractivity contribution in [3.05, 3.63) is 35.4 Å². The fourth-order valence-electron chi connectivity index (χ4n) is 1.65. The SMILES string of the molecule is COC(=O)c1ccccc1CN(C)CCC(F)(F)F. The largest absolute Gasteiger partial charge is 0.465 e. The van der Waals surface area contributed by atoms with Gasteiger partial charge in [-0.2, -0.15) is 13.2 Å². The van der Waals surface area contributed by atoms with Crippen molar-refractivity contribution in [2.45, 2.75) is 19.1 Å². The second kappa shape index (κ2) is 6.56. The maximum atomic E-state index is 12.1. The van der Waals surface area contributed by atoms with Gasteiger partial charge in [-0.25, -0.2) is 4.79 Å². The monoisotopic (exact) mass is 275 g/mol. The number of alkyl halides is 3. The Kier molecular flexibility index (Phi) is 5.35. The molecule has 0 aliphatic carbocycles. The minimum atomic E-state index is -4.17. The number of methoxy groups -OCH3 is 1. The highest BCUT2D eigenvalue weighted by Crippen LogP contribution is 2.20. The predicted molar refractivity (Wildman–Crippen MR) is 64.8 cm³/mol. The third kappa shape index (κ3) is 5.30. The van der Waals surface area contributed by atoms with Crippen molar-refractivity contribution in [1.82, 2.24) is 4.90 Å². The van der Waals surface area contributed by atoms with Crippen LogP contribution < -0.4 is 0 Å². The van der Waals surface area contributed by atoms with Gasteiger partial charge in [-0.1, -0.05) is 18.2 Å². The van der Waals surface area contributed by atoms with E-state index in [1.807, 2.05) is 0 Å². The molecule has 19 heavy (non-hydrogen) atoms. The summed E-state index contributed by atoms with van der Waals surface area (Å²) in [5, 5.41) is 0. The van der Waals surface area contributed by atoms with Gasteiger partial charge in [0.2, 0.25) is 0 Å². The number of carbonyl (C=O) groups is 1. The first-order valence-electron chi connectivity index (χ1n) is 5.75.